The van der Waals surface area contributed by atoms with E-state index in [1.54, 1.807) is 24.3 Å². The largest absolute Gasteiger partial charge is 0.484 e. The molecular formula is C18H18N2O6. The molecular weight excluding hydrogens is 340 g/mol. The van der Waals surface area contributed by atoms with Crippen LogP contribution in [0.4, 0.5) is 5.69 Å². The summed E-state index contributed by atoms with van der Waals surface area (Å²) in [5.74, 6) is -0.313. The summed E-state index contributed by atoms with van der Waals surface area (Å²) in [5.41, 5.74) is 1.39. The quantitative estimate of drug-likeness (QED) is 0.440. The molecule has 0 unspecified atom stereocenters. The lowest BCUT2D eigenvalue weighted by atomic mass is 10.1. The number of hydrogen-bond acceptors (Lipinski definition) is 6. The zero-order valence-corrected chi connectivity index (χ0v) is 14.1. The standard InChI is InChI=1S/C18H18N2O6/c1-25-18(22)14-4-2-13(3-5-14)10-11-19-17(21)12-26-16-8-6-15(7-9-16)20(23)24/h2-9H,10-12H2,1H3,(H,19,21). The summed E-state index contributed by atoms with van der Waals surface area (Å²) in [4.78, 5) is 33.2. The van der Waals surface area contributed by atoms with Gasteiger partial charge in [-0.3, -0.25) is 14.9 Å². The first-order valence-electron chi connectivity index (χ1n) is 7.81. The third kappa shape index (κ3) is 5.59. The number of esters is 1. The minimum absolute atomic E-state index is 0.0416. The number of benzene rings is 2. The molecule has 2 aromatic carbocycles. The highest BCUT2D eigenvalue weighted by Gasteiger charge is 2.07. The van der Waals surface area contributed by atoms with Crippen LogP contribution >= 0.6 is 0 Å². The van der Waals surface area contributed by atoms with Gasteiger partial charge in [-0.1, -0.05) is 12.1 Å². The Morgan fingerprint density at radius 1 is 1.08 bits per heavy atom. The molecule has 0 bridgehead atoms. The van der Waals surface area contributed by atoms with Gasteiger partial charge in [0.1, 0.15) is 5.75 Å². The number of nitrogens with one attached hydrogen (secondary N) is 1. The average molecular weight is 358 g/mol. The third-order valence-corrected chi connectivity index (χ3v) is 3.53. The monoisotopic (exact) mass is 358 g/mol. The van der Waals surface area contributed by atoms with E-state index in [4.69, 9.17) is 4.74 Å². The van der Waals surface area contributed by atoms with E-state index in [2.05, 4.69) is 10.1 Å². The molecule has 26 heavy (non-hydrogen) atoms. The van der Waals surface area contributed by atoms with Gasteiger partial charge < -0.3 is 14.8 Å². The van der Waals surface area contributed by atoms with Crippen molar-refractivity contribution in [2.45, 2.75) is 6.42 Å². The van der Waals surface area contributed by atoms with E-state index in [0.717, 1.165) is 5.56 Å². The lowest BCUT2D eigenvalue weighted by Gasteiger charge is -2.08. The summed E-state index contributed by atoms with van der Waals surface area (Å²) in [7, 11) is 1.32. The van der Waals surface area contributed by atoms with Gasteiger partial charge in [0.05, 0.1) is 17.6 Å². The van der Waals surface area contributed by atoms with E-state index in [1.165, 1.54) is 31.4 Å². The number of non-ortho nitro benzene ring substituents is 1. The van der Waals surface area contributed by atoms with Gasteiger partial charge in [0, 0.05) is 18.7 Å². The van der Waals surface area contributed by atoms with Crippen molar-refractivity contribution in [3.63, 3.8) is 0 Å². The molecule has 0 atom stereocenters. The predicted octanol–water partition coefficient (Wildman–Crippen LogP) is 2.12. The van der Waals surface area contributed by atoms with E-state index >= 15 is 0 Å². The third-order valence-electron chi connectivity index (χ3n) is 3.53. The number of nitro benzene ring substituents is 1. The number of nitrogens with zero attached hydrogens (tertiary/aromatic N) is 1. The summed E-state index contributed by atoms with van der Waals surface area (Å²) >= 11 is 0. The van der Waals surface area contributed by atoms with E-state index in [1.807, 2.05) is 0 Å². The van der Waals surface area contributed by atoms with E-state index in [0.29, 0.717) is 24.3 Å². The number of ether oxygens (including phenoxy) is 2. The predicted molar refractivity (Wildman–Crippen MR) is 93.1 cm³/mol. The molecule has 0 aromatic heterocycles. The van der Waals surface area contributed by atoms with Gasteiger partial charge in [0.15, 0.2) is 6.61 Å². The lowest BCUT2D eigenvalue weighted by molar-refractivity contribution is -0.384. The van der Waals surface area contributed by atoms with Crippen molar-refractivity contribution in [2.24, 2.45) is 0 Å². The Morgan fingerprint density at radius 2 is 1.73 bits per heavy atom. The van der Waals surface area contributed by atoms with Crippen molar-refractivity contribution in [3.8, 4) is 5.75 Å². The van der Waals surface area contributed by atoms with Crippen LogP contribution in [0.5, 0.6) is 5.75 Å². The van der Waals surface area contributed by atoms with Crippen LogP contribution in [0.25, 0.3) is 0 Å². The Bertz CT molecular complexity index is 771. The molecule has 136 valence electrons. The van der Waals surface area contributed by atoms with E-state index < -0.39 is 10.9 Å². The molecule has 0 fully saturated rings. The molecule has 0 aliphatic heterocycles. The van der Waals surface area contributed by atoms with Crippen LogP contribution < -0.4 is 10.1 Å². The number of carbonyl (C=O) groups is 2. The Labute approximate surface area is 149 Å². The summed E-state index contributed by atoms with van der Waals surface area (Å²) in [5, 5.41) is 13.3. The molecule has 1 amide bonds. The molecule has 0 saturated carbocycles. The van der Waals surface area contributed by atoms with E-state index in [-0.39, 0.29) is 18.2 Å². The molecule has 2 aromatic rings. The highest BCUT2D eigenvalue weighted by atomic mass is 16.6. The molecule has 0 heterocycles. The number of nitro groups is 1. The normalized spacial score (nSPS) is 10.0. The van der Waals surface area contributed by atoms with Gasteiger partial charge >= 0.3 is 5.97 Å². The highest BCUT2D eigenvalue weighted by Crippen LogP contribution is 2.17. The average Bonchev–Trinajstić information content (AvgIpc) is 2.66. The van der Waals surface area contributed by atoms with Crippen molar-refractivity contribution in [1.82, 2.24) is 5.32 Å². The molecule has 8 heteroatoms. The molecule has 0 saturated heterocycles. The maximum absolute atomic E-state index is 11.8. The first kappa shape index (κ1) is 18.9. The second-order valence-electron chi connectivity index (χ2n) is 5.33. The van der Waals surface area contributed by atoms with Gasteiger partial charge in [-0.2, -0.15) is 0 Å². The van der Waals surface area contributed by atoms with Crippen LogP contribution in [0.2, 0.25) is 0 Å². The van der Waals surface area contributed by atoms with Gasteiger partial charge in [0.25, 0.3) is 11.6 Å². The highest BCUT2D eigenvalue weighted by molar-refractivity contribution is 5.89. The Kier molecular flexibility index (Phi) is 6.67. The summed E-state index contributed by atoms with van der Waals surface area (Å²) < 4.78 is 9.90. The SMILES string of the molecule is COC(=O)c1ccc(CCNC(=O)COc2ccc([N+](=O)[O-])cc2)cc1. The Hall–Kier alpha value is -3.42. The smallest absolute Gasteiger partial charge is 0.337 e. The van der Waals surface area contributed by atoms with Gasteiger partial charge in [0.2, 0.25) is 0 Å². The fourth-order valence-corrected chi connectivity index (χ4v) is 2.14. The number of carbonyl (C=O) groups excluding carboxylic acids is 2. The second kappa shape index (κ2) is 9.16. The van der Waals surface area contributed by atoms with Gasteiger partial charge in [-0.05, 0) is 36.2 Å². The number of amides is 1. The number of methoxy groups -OCH3 is 1. The van der Waals surface area contributed by atoms with E-state index in [9.17, 15) is 19.7 Å². The first-order valence-corrected chi connectivity index (χ1v) is 7.81. The van der Waals surface area contributed by atoms with Crippen LogP contribution in [0.3, 0.4) is 0 Å². The minimum atomic E-state index is -0.506. The second-order valence-corrected chi connectivity index (χ2v) is 5.33. The van der Waals surface area contributed by atoms with Crippen molar-refractivity contribution in [2.75, 3.05) is 20.3 Å². The van der Waals surface area contributed by atoms with Gasteiger partial charge in [-0.15, -0.1) is 0 Å². The first-order chi connectivity index (χ1) is 12.5. The summed E-state index contributed by atoms with van der Waals surface area (Å²) in [6, 6.07) is 12.4. The number of rotatable bonds is 8. The Morgan fingerprint density at radius 3 is 2.31 bits per heavy atom. The molecule has 1 N–H and O–H groups in total. The van der Waals surface area contributed by atoms with Crippen molar-refractivity contribution >= 4 is 17.6 Å². The zero-order chi connectivity index (χ0) is 18.9. The summed E-state index contributed by atoms with van der Waals surface area (Å²) in [6.45, 7) is 0.235. The topological polar surface area (TPSA) is 108 Å². The molecule has 2 rings (SSSR count). The van der Waals surface area contributed by atoms with Crippen LogP contribution in [-0.2, 0) is 16.0 Å². The maximum Gasteiger partial charge on any atom is 0.337 e. The molecule has 8 nitrogen and oxygen atoms in total. The van der Waals surface area contributed by atoms with Crippen LogP contribution in [0.15, 0.2) is 48.5 Å². The van der Waals surface area contributed by atoms with Crippen molar-refractivity contribution in [3.05, 3.63) is 69.8 Å². The van der Waals surface area contributed by atoms with Gasteiger partial charge in [-0.25, -0.2) is 4.79 Å². The molecule has 0 aliphatic rings. The van der Waals surface area contributed by atoms with Crippen LogP contribution in [0, 0.1) is 10.1 Å². The van der Waals surface area contributed by atoms with Crippen molar-refractivity contribution in [1.29, 1.82) is 0 Å². The minimum Gasteiger partial charge on any atom is -0.484 e. The van der Waals surface area contributed by atoms with Crippen LogP contribution in [-0.4, -0.2) is 37.1 Å². The van der Waals surface area contributed by atoms with Crippen molar-refractivity contribution < 1.29 is 24.0 Å². The fraction of sp³-hybridized carbons (Fsp3) is 0.222. The maximum atomic E-state index is 11.8. The Balaban J connectivity index is 1.71. The molecule has 0 spiro atoms. The summed E-state index contributed by atoms with van der Waals surface area (Å²) in [6.07, 6.45) is 0.602. The number of hydrogen-bond donors (Lipinski definition) is 1. The lowest BCUT2D eigenvalue weighted by Crippen LogP contribution is -2.30. The van der Waals surface area contributed by atoms with Crippen LogP contribution in [0.1, 0.15) is 15.9 Å². The molecule has 0 radical (unpaired) electrons. The zero-order valence-electron chi connectivity index (χ0n) is 14.1. The fourth-order valence-electron chi connectivity index (χ4n) is 2.14. The molecule has 0 aliphatic carbocycles.